The Hall–Kier alpha value is -3.01. The van der Waals surface area contributed by atoms with E-state index in [1.165, 1.54) is 6.07 Å². The summed E-state index contributed by atoms with van der Waals surface area (Å²) in [6.07, 6.45) is 0. The summed E-state index contributed by atoms with van der Waals surface area (Å²) < 4.78 is 16.0. The van der Waals surface area contributed by atoms with E-state index in [-0.39, 0.29) is 24.3 Å². The Morgan fingerprint density at radius 1 is 1.21 bits per heavy atom. The first-order valence-electron chi connectivity index (χ1n) is 8.72. The van der Waals surface area contributed by atoms with Crippen LogP contribution >= 0.6 is 0 Å². The number of ether oxygens (including phenoxy) is 3. The molecule has 3 rings (SSSR count). The molecule has 2 unspecified atom stereocenters. The number of nitrogens with two attached hydrogens (primary N) is 1. The minimum Gasteiger partial charge on any atom is -0.507 e. The second-order valence-corrected chi connectivity index (χ2v) is 6.30. The lowest BCUT2D eigenvalue weighted by atomic mass is 9.88. The van der Waals surface area contributed by atoms with Crippen molar-refractivity contribution in [2.24, 2.45) is 5.84 Å². The van der Waals surface area contributed by atoms with E-state index >= 15 is 0 Å². The molecule has 1 heterocycles. The topological polar surface area (TPSA) is 127 Å². The van der Waals surface area contributed by atoms with Crippen LogP contribution in [0, 0.1) is 0 Å². The van der Waals surface area contributed by atoms with Crippen LogP contribution in [0.1, 0.15) is 23.1 Å². The number of rotatable bonds is 7. The number of methoxy groups -OCH3 is 2. The summed E-state index contributed by atoms with van der Waals surface area (Å²) in [5, 5.41) is 10.5. The Kier molecular flexibility index (Phi) is 6.19. The zero-order valence-corrected chi connectivity index (χ0v) is 15.7. The third kappa shape index (κ3) is 4.11. The third-order valence-electron chi connectivity index (χ3n) is 4.69. The van der Waals surface area contributed by atoms with Gasteiger partial charge < -0.3 is 19.3 Å². The molecule has 0 aromatic heterocycles. The predicted octanol–water partition coefficient (Wildman–Crippen LogP) is 0.711. The maximum absolute atomic E-state index is 11.2. The highest BCUT2D eigenvalue weighted by molar-refractivity contribution is 5.76. The fourth-order valence-corrected chi connectivity index (χ4v) is 3.25. The molecule has 0 spiro atoms. The average Bonchev–Trinajstić information content (AvgIpc) is 3.20. The smallest absolute Gasteiger partial charge is 0.271 e. The van der Waals surface area contributed by atoms with Crippen molar-refractivity contribution in [3.63, 3.8) is 0 Å². The molecule has 150 valence electrons. The molecule has 2 aromatic rings. The number of carbonyl (C=O) groups excluding carboxylic acids is 1. The average molecular weight is 388 g/mol. The van der Waals surface area contributed by atoms with E-state index in [0.717, 1.165) is 5.56 Å². The van der Waals surface area contributed by atoms with Crippen molar-refractivity contribution in [3.05, 3.63) is 47.5 Å². The van der Waals surface area contributed by atoms with Crippen LogP contribution in [0.4, 0.5) is 0 Å². The van der Waals surface area contributed by atoms with Crippen LogP contribution in [0.15, 0.2) is 36.4 Å². The number of hydrazine groups is 2. The zero-order valence-electron chi connectivity index (χ0n) is 15.7. The van der Waals surface area contributed by atoms with E-state index < -0.39 is 5.91 Å². The van der Waals surface area contributed by atoms with Gasteiger partial charge in [-0.05, 0) is 23.8 Å². The molecular formula is C19H24N4O5. The van der Waals surface area contributed by atoms with Crippen LogP contribution in [0.2, 0.25) is 0 Å². The Labute approximate surface area is 162 Å². The first kappa shape index (κ1) is 19.7. The molecule has 0 saturated carbocycles. The maximum atomic E-state index is 11.2. The molecule has 2 aromatic carbocycles. The van der Waals surface area contributed by atoms with E-state index in [1.807, 2.05) is 23.6 Å². The fourth-order valence-electron chi connectivity index (χ4n) is 3.25. The highest BCUT2D eigenvalue weighted by Crippen LogP contribution is 2.40. The zero-order chi connectivity index (χ0) is 20.1. The van der Waals surface area contributed by atoms with Crippen LogP contribution in [0.25, 0.3) is 0 Å². The summed E-state index contributed by atoms with van der Waals surface area (Å²) in [4.78, 5) is 11.2. The van der Waals surface area contributed by atoms with Crippen LogP contribution in [0.3, 0.4) is 0 Å². The van der Waals surface area contributed by atoms with Gasteiger partial charge in [0.15, 0.2) is 18.1 Å². The van der Waals surface area contributed by atoms with Crippen molar-refractivity contribution in [2.45, 2.75) is 12.0 Å². The lowest BCUT2D eigenvalue weighted by Gasteiger charge is -2.21. The minimum absolute atomic E-state index is 0.0560. The van der Waals surface area contributed by atoms with Crippen LogP contribution in [-0.2, 0) is 4.79 Å². The van der Waals surface area contributed by atoms with E-state index in [2.05, 4.69) is 10.9 Å². The molecule has 0 radical (unpaired) electrons. The maximum Gasteiger partial charge on any atom is 0.271 e. The largest absolute Gasteiger partial charge is 0.507 e. The summed E-state index contributed by atoms with van der Waals surface area (Å²) in [5.74, 6) is 6.37. The number of aromatic hydroxyl groups is 1. The number of hydrogen-bond donors (Lipinski definition) is 5. The van der Waals surface area contributed by atoms with Crippen LogP contribution < -0.4 is 36.3 Å². The number of phenols is 1. The van der Waals surface area contributed by atoms with Gasteiger partial charge >= 0.3 is 0 Å². The molecule has 9 nitrogen and oxygen atoms in total. The third-order valence-corrected chi connectivity index (χ3v) is 4.69. The lowest BCUT2D eigenvalue weighted by molar-refractivity contribution is -0.123. The highest BCUT2D eigenvalue weighted by Gasteiger charge is 2.32. The number of benzene rings is 2. The van der Waals surface area contributed by atoms with E-state index in [9.17, 15) is 9.90 Å². The normalized spacial score (nSPS) is 18.5. The summed E-state index contributed by atoms with van der Waals surface area (Å²) in [6, 6.07) is 10.6. The molecule has 0 bridgehead atoms. The summed E-state index contributed by atoms with van der Waals surface area (Å²) in [6.45, 7) is 0.446. The monoisotopic (exact) mass is 388 g/mol. The van der Waals surface area contributed by atoms with Gasteiger partial charge in [-0.3, -0.25) is 15.6 Å². The van der Waals surface area contributed by atoms with Crippen LogP contribution in [-0.4, -0.2) is 38.4 Å². The van der Waals surface area contributed by atoms with Gasteiger partial charge in [-0.25, -0.2) is 11.3 Å². The quantitative estimate of drug-likeness (QED) is 0.267. The van der Waals surface area contributed by atoms with Crippen LogP contribution in [0.5, 0.6) is 23.0 Å². The molecular weight excluding hydrogens is 364 g/mol. The van der Waals surface area contributed by atoms with Gasteiger partial charge in [-0.15, -0.1) is 0 Å². The van der Waals surface area contributed by atoms with E-state index in [1.54, 1.807) is 26.4 Å². The predicted molar refractivity (Wildman–Crippen MR) is 102 cm³/mol. The van der Waals surface area contributed by atoms with Crippen molar-refractivity contribution in [1.29, 1.82) is 0 Å². The molecule has 0 aliphatic carbocycles. The summed E-state index contributed by atoms with van der Waals surface area (Å²) in [7, 11) is 3.19. The van der Waals surface area contributed by atoms with Gasteiger partial charge in [0, 0.05) is 24.1 Å². The molecule has 1 saturated heterocycles. The van der Waals surface area contributed by atoms with Crippen molar-refractivity contribution in [2.75, 3.05) is 27.4 Å². The molecule has 1 aliphatic heterocycles. The number of amides is 1. The molecule has 9 heteroatoms. The van der Waals surface area contributed by atoms with Crippen molar-refractivity contribution < 1.29 is 24.1 Å². The number of carbonyl (C=O) groups is 1. The van der Waals surface area contributed by atoms with Crippen molar-refractivity contribution in [3.8, 4) is 23.0 Å². The van der Waals surface area contributed by atoms with E-state index in [0.29, 0.717) is 29.4 Å². The Bertz CT molecular complexity index is 845. The molecule has 1 amide bonds. The highest BCUT2D eigenvalue weighted by atomic mass is 16.5. The Balaban J connectivity index is 1.82. The first-order valence-corrected chi connectivity index (χ1v) is 8.72. The van der Waals surface area contributed by atoms with Crippen molar-refractivity contribution in [1.82, 2.24) is 16.3 Å². The lowest BCUT2D eigenvalue weighted by Crippen LogP contribution is -2.34. The van der Waals surface area contributed by atoms with Gasteiger partial charge in [-0.1, -0.05) is 12.1 Å². The standard InChI is InChI=1S/C19H24N4O5/c1-26-16-6-3-11(7-17(16)27-2)14-9-21-23-19(14)13-5-4-12(8-15(13)24)28-10-18(25)22-20/h3-8,14,19,21,23-24H,9-10,20H2,1-2H3,(H,22,25). The molecule has 1 fully saturated rings. The Morgan fingerprint density at radius 2 is 2.00 bits per heavy atom. The number of nitrogens with one attached hydrogen (secondary N) is 3. The first-order chi connectivity index (χ1) is 13.6. The number of phenolic OH excluding ortho intramolecular Hbond substituents is 1. The number of hydrogen-bond acceptors (Lipinski definition) is 8. The minimum atomic E-state index is -0.459. The van der Waals surface area contributed by atoms with Gasteiger partial charge in [0.2, 0.25) is 0 Å². The second-order valence-electron chi connectivity index (χ2n) is 6.30. The molecule has 1 aliphatic rings. The van der Waals surface area contributed by atoms with Gasteiger partial charge in [0.1, 0.15) is 11.5 Å². The van der Waals surface area contributed by atoms with Crippen molar-refractivity contribution >= 4 is 5.91 Å². The molecule has 2 atom stereocenters. The summed E-state index contributed by atoms with van der Waals surface area (Å²) >= 11 is 0. The molecule has 28 heavy (non-hydrogen) atoms. The van der Waals surface area contributed by atoms with Gasteiger partial charge in [0.25, 0.3) is 5.91 Å². The second kappa shape index (κ2) is 8.79. The van der Waals surface area contributed by atoms with Gasteiger partial charge in [0.05, 0.1) is 20.3 Å². The van der Waals surface area contributed by atoms with Gasteiger partial charge in [-0.2, -0.15) is 0 Å². The van der Waals surface area contributed by atoms with E-state index in [4.69, 9.17) is 20.1 Å². The summed E-state index contributed by atoms with van der Waals surface area (Å²) in [5.41, 5.74) is 10.1. The fraction of sp³-hybridized carbons (Fsp3) is 0.316. The SMILES string of the molecule is COc1ccc(C2CNNC2c2ccc(OCC(=O)NN)cc2O)cc1OC. The Morgan fingerprint density at radius 3 is 2.68 bits per heavy atom. The molecule has 6 N–H and O–H groups in total.